The van der Waals surface area contributed by atoms with E-state index in [0.717, 1.165) is 107 Å². The zero-order chi connectivity index (χ0) is 49.8. The average molecular weight is 974 g/mol. The minimum absolute atomic E-state index is 0.620. The second kappa shape index (κ2) is 16.7. The van der Waals surface area contributed by atoms with Crippen LogP contribution in [-0.2, 0) is 0 Å². The second-order valence-electron chi connectivity index (χ2n) is 19.7. The molecular formula is C69H43N5O2. The summed E-state index contributed by atoms with van der Waals surface area (Å²) in [6.07, 6.45) is 9.04. The molecule has 0 atom stereocenters. The molecule has 0 fully saturated rings. The summed E-state index contributed by atoms with van der Waals surface area (Å²) in [5.74, 6) is 1.89. The van der Waals surface area contributed by atoms with Crippen LogP contribution in [0.1, 0.15) is 12.8 Å². The van der Waals surface area contributed by atoms with E-state index in [9.17, 15) is 0 Å². The monoisotopic (exact) mass is 973 g/mol. The Morgan fingerprint density at radius 3 is 1.49 bits per heavy atom. The third-order valence-corrected chi connectivity index (χ3v) is 15.4. The third kappa shape index (κ3) is 6.52. The van der Waals surface area contributed by atoms with Crippen molar-refractivity contribution in [3.05, 3.63) is 237 Å². The van der Waals surface area contributed by atoms with Gasteiger partial charge in [0.25, 0.3) is 0 Å². The average Bonchev–Trinajstić information content (AvgIpc) is 4.32. The number of para-hydroxylation sites is 4. The number of rotatable bonds is 7. The van der Waals surface area contributed by atoms with Crippen molar-refractivity contribution in [1.82, 2.24) is 24.1 Å². The van der Waals surface area contributed by atoms with Crippen LogP contribution in [-0.4, -0.2) is 24.1 Å². The Hall–Kier alpha value is -10.1. The van der Waals surface area contributed by atoms with Gasteiger partial charge in [-0.2, -0.15) is 0 Å². The van der Waals surface area contributed by atoms with Crippen LogP contribution in [0.5, 0.6) is 0 Å². The van der Waals surface area contributed by atoms with E-state index in [0.29, 0.717) is 17.5 Å². The van der Waals surface area contributed by atoms with Crippen molar-refractivity contribution in [2.24, 2.45) is 0 Å². The maximum absolute atomic E-state index is 6.91. The highest BCUT2D eigenvalue weighted by molar-refractivity contribution is 6.25. The zero-order valence-electron chi connectivity index (χ0n) is 41.0. The smallest absolute Gasteiger partial charge is 0.164 e. The predicted octanol–water partition coefficient (Wildman–Crippen LogP) is 18.4. The van der Waals surface area contributed by atoms with Gasteiger partial charge in [-0.05, 0) is 72.5 Å². The fourth-order valence-corrected chi connectivity index (χ4v) is 11.9. The van der Waals surface area contributed by atoms with E-state index >= 15 is 0 Å². The minimum Gasteiger partial charge on any atom is -0.455 e. The highest BCUT2D eigenvalue weighted by atomic mass is 16.3. The summed E-state index contributed by atoms with van der Waals surface area (Å²) < 4.78 is 18.8. The fraction of sp³-hybridized carbons (Fsp3) is 0.0290. The predicted molar refractivity (Wildman–Crippen MR) is 312 cm³/mol. The van der Waals surface area contributed by atoms with Gasteiger partial charge in [0, 0.05) is 82.3 Å². The van der Waals surface area contributed by atoms with Gasteiger partial charge < -0.3 is 18.0 Å². The molecule has 5 heterocycles. The summed E-state index contributed by atoms with van der Waals surface area (Å²) in [4.78, 5) is 14.8. The van der Waals surface area contributed by atoms with Crippen molar-refractivity contribution in [2.45, 2.75) is 12.8 Å². The van der Waals surface area contributed by atoms with Crippen LogP contribution in [0.3, 0.4) is 0 Å². The summed E-state index contributed by atoms with van der Waals surface area (Å²) in [6.45, 7) is 0. The largest absolute Gasteiger partial charge is 0.455 e. The Morgan fingerprint density at radius 2 is 0.855 bits per heavy atom. The summed E-state index contributed by atoms with van der Waals surface area (Å²) in [5.41, 5.74) is 17.2. The molecular weight excluding hydrogens is 931 g/mol. The molecule has 15 aromatic rings. The van der Waals surface area contributed by atoms with Crippen molar-refractivity contribution in [2.75, 3.05) is 0 Å². The molecule has 7 heteroatoms. The van der Waals surface area contributed by atoms with Crippen LogP contribution >= 0.6 is 0 Å². The Morgan fingerprint density at radius 1 is 0.342 bits per heavy atom. The van der Waals surface area contributed by atoms with E-state index in [1.807, 2.05) is 60.7 Å². The number of aromatic nitrogens is 5. The van der Waals surface area contributed by atoms with Gasteiger partial charge in [0.2, 0.25) is 0 Å². The highest BCUT2D eigenvalue weighted by Crippen LogP contribution is 2.45. The van der Waals surface area contributed by atoms with E-state index in [4.69, 9.17) is 23.8 Å². The Bertz CT molecular complexity index is 4860. The minimum atomic E-state index is 0.620. The van der Waals surface area contributed by atoms with Gasteiger partial charge in [-0.3, -0.25) is 0 Å². The third-order valence-electron chi connectivity index (χ3n) is 15.4. The van der Waals surface area contributed by atoms with E-state index in [-0.39, 0.29) is 0 Å². The van der Waals surface area contributed by atoms with Crippen LogP contribution in [0.2, 0.25) is 0 Å². The number of allylic oxidation sites excluding steroid dienone is 4. The lowest BCUT2D eigenvalue weighted by atomic mass is 9.99. The van der Waals surface area contributed by atoms with Gasteiger partial charge in [0.1, 0.15) is 22.3 Å². The summed E-state index contributed by atoms with van der Waals surface area (Å²) in [6, 6.07) is 76.8. The van der Waals surface area contributed by atoms with E-state index in [2.05, 4.69) is 185 Å². The first-order valence-electron chi connectivity index (χ1n) is 25.9. The van der Waals surface area contributed by atoms with Crippen molar-refractivity contribution in [3.8, 4) is 62.1 Å². The van der Waals surface area contributed by atoms with Crippen LogP contribution in [0, 0.1) is 0 Å². The number of hydrogen-bond acceptors (Lipinski definition) is 5. The normalized spacial score (nSPS) is 12.9. The fourth-order valence-electron chi connectivity index (χ4n) is 11.9. The van der Waals surface area contributed by atoms with Gasteiger partial charge in [0.05, 0.1) is 22.1 Å². The Kier molecular flexibility index (Phi) is 9.32. The molecule has 0 unspecified atom stereocenters. The van der Waals surface area contributed by atoms with Crippen molar-refractivity contribution < 1.29 is 8.83 Å². The molecule has 16 rings (SSSR count). The standard InChI is InChI=1S/C69H43N5O2/c1-4-16-43(17-5-1)67-70-68(44-18-6-2-7-19-44)72-69(71-67)45-32-30-42(31-33-45)46-34-36-51-54-24-14-25-55(65(54)76-62(51)40-46)56-26-15-27-57-58-41-48(35-39-61(58)75-66(56)57)74-60-29-13-11-23-50(60)53-38-37-52-49-22-10-12-28-59(49)73(63(52)64(53)74)47-20-8-3-9-21-47/h1-2,4-8,10-41H,3,9H2. The molecule has 0 N–H and O–H groups in total. The summed E-state index contributed by atoms with van der Waals surface area (Å²) in [5, 5.41) is 9.15. The molecule has 7 nitrogen and oxygen atoms in total. The first-order valence-corrected chi connectivity index (χ1v) is 25.9. The second-order valence-corrected chi connectivity index (χ2v) is 19.7. The number of fused-ring (bicyclic) bond motifs is 13. The molecule has 10 aromatic carbocycles. The van der Waals surface area contributed by atoms with Gasteiger partial charge in [-0.25, -0.2) is 15.0 Å². The van der Waals surface area contributed by atoms with Crippen molar-refractivity contribution >= 4 is 93.2 Å². The molecule has 356 valence electrons. The molecule has 0 aliphatic heterocycles. The molecule has 0 saturated heterocycles. The molecule has 1 aliphatic carbocycles. The zero-order valence-corrected chi connectivity index (χ0v) is 41.0. The lowest BCUT2D eigenvalue weighted by Crippen LogP contribution is -2.00. The lowest BCUT2D eigenvalue weighted by Gasteiger charge is -2.14. The summed E-state index contributed by atoms with van der Waals surface area (Å²) in [7, 11) is 0. The highest BCUT2D eigenvalue weighted by Gasteiger charge is 2.24. The number of furan rings is 2. The Balaban J connectivity index is 0.794. The Labute approximate surface area is 435 Å². The quantitative estimate of drug-likeness (QED) is 0.159. The lowest BCUT2D eigenvalue weighted by molar-refractivity contribution is 0.665. The van der Waals surface area contributed by atoms with Crippen molar-refractivity contribution in [1.29, 1.82) is 0 Å². The number of benzene rings is 10. The molecule has 76 heavy (non-hydrogen) atoms. The molecule has 0 spiro atoms. The topological polar surface area (TPSA) is 74.8 Å². The van der Waals surface area contributed by atoms with Crippen LogP contribution < -0.4 is 0 Å². The van der Waals surface area contributed by atoms with Gasteiger partial charge in [0.15, 0.2) is 17.5 Å². The summed E-state index contributed by atoms with van der Waals surface area (Å²) >= 11 is 0. The maximum atomic E-state index is 6.91. The molecule has 0 amide bonds. The van der Waals surface area contributed by atoms with Gasteiger partial charge in [-0.15, -0.1) is 0 Å². The van der Waals surface area contributed by atoms with Crippen LogP contribution in [0.4, 0.5) is 0 Å². The van der Waals surface area contributed by atoms with Crippen LogP contribution in [0.15, 0.2) is 245 Å². The first-order chi connectivity index (χ1) is 37.7. The van der Waals surface area contributed by atoms with E-state index in [1.165, 1.54) is 43.8 Å². The molecule has 0 radical (unpaired) electrons. The number of hydrogen-bond donors (Lipinski definition) is 0. The maximum Gasteiger partial charge on any atom is 0.164 e. The first kappa shape index (κ1) is 42.4. The SMILES string of the molecule is C1=CC(n2c3ccccc3c3ccc4c5ccccc5n(-c5ccc6oc7c(-c8cccc9c8oc8cc(-c%10ccc(-c%11nc(-c%12ccccc%12)nc(-c%12ccccc%12)n%11)cc%10)ccc89)cccc7c6c5)c4c32)=CCC1. The van der Waals surface area contributed by atoms with Gasteiger partial charge in [-0.1, -0.05) is 188 Å². The van der Waals surface area contributed by atoms with E-state index < -0.39 is 0 Å². The molecule has 5 aromatic heterocycles. The molecule has 0 bridgehead atoms. The van der Waals surface area contributed by atoms with Crippen LogP contribution in [0.25, 0.3) is 155 Å². The number of nitrogens with zero attached hydrogens (tertiary/aromatic N) is 5. The van der Waals surface area contributed by atoms with Gasteiger partial charge >= 0.3 is 0 Å². The molecule has 0 saturated carbocycles. The van der Waals surface area contributed by atoms with E-state index in [1.54, 1.807) is 0 Å². The van der Waals surface area contributed by atoms with Crippen molar-refractivity contribution in [3.63, 3.8) is 0 Å². The molecule has 1 aliphatic rings.